The molecule has 0 spiro atoms. The number of rotatable bonds is 10. The predicted octanol–water partition coefficient (Wildman–Crippen LogP) is 2.54. The van der Waals surface area contributed by atoms with Gasteiger partial charge in [0.05, 0.1) is 0 Å². The minimum Gasteiger partial charge on any atom is -0.480 e. The average molecular weight is 460 g/mol. The molecule has 0 saturated carbocycles. The molecular formula is C26H24N2O6. The zero-order valence-corrected chi connectivity index (χ0v) is 18.2. The maximum absolute atomic E-state index is 12.5. The monoisotopic (exact) mass is 460 g/mol. The van der Waals surface area contributed by atoms with Crippen molar-refractivity contribution in [3.63, 3.8) is 0 Å². The van der Waals surface area contributed by atoms with Crippen molar-refractivity contribution in [3.8, 4) is 0 Å². The number of amides is 2. The summed E-state index contributed by atoms with van der Waals surface area (Å²) in [6, 6.07) is 21.2. The second kappa shape index (κ2) is 11.4. The molecule has 8 nitrogen and oxygen atoms in total. The van der Waals surface area contributed by atoms with Gasteiger partial charge in [-0.2, -0.15) is 0 Å². The van der Waals surface area contributed by atoms with Crippen LogP contribution in [-0.2, 0) is 22.4 Å². The Labute approximate surface area is 196 Å². The molecule has 0 bridgehead atoms. The zero-order valence-electron chi connectivity index (χ0n) is 18.2. The van der Waals surface area contributed by atoms with E-state index in [1.165, 1.54) is 24.3 Å². The molecule has 4 N–H and O–H groups in total. The van der Waals surface area contributed by atoms with E-state index >= 15 is 0 Å². The van der Waals surface area contributed by atoms with Crippen molar-refractivity contribution < 1.29 is 29.4 Å². The normalized spacial score (nSPS) is 12.2. The molecule has 0 heterocycles. The van der Waals surface area contributed by atoms with Crippen LogP contribution in [0.15, 0.2) is 84.9 Å². The maximum Gasteiger partial charge on any atom is 0.326 e. The van der Waals surface area contributed by atoms with Crippen LogP contribution in [-0.4, -0.2) is 46.0 Å². The third kappa shape index (κ3) is 6.77. The Bertz CT molecular complexity index is 1050. The highest BCUT2D eigenvalue weighted by molar-refractivity contribution is 6.00. The van der Waals surface area contributed by atoms with Crippen LogP contribution in [0.2, 0.25) is 0 Å². The first-order valence-electron chi connectivity index (χ1n) is 10.6. The van der Waals surface area contributed by atoms with E-state index in [1.54, 1.807) is 48.5 Å². The topological polar surface area (TPSA) is 133 Å². The summed E-state index contributed by atoms with van der Waals surface area (Å²) < 4.78 is 0. The van der Waals surface area contributed by atoms with Gasteiger partial charge in [-0.05, 0) is 35.4 Å². The summed E-state index contributed by atoms with van der Waals surface area (Å²) >= 11 is 0. The number of hydrogen-bond acceptors (Lipinski definition) is 4. The minimum absolute atomic E-state index is 0.125. The number of aliphatic carboxylic acids is 2. The average Bonchev–Trinajstić information content (AvgIpc) is 2.84. The highest BCUT2D eigenvalue weighted by atomic mass is 16.4. The first-order chi connectivity index (χ1) is 16.3. The van der Waals surface area contributed by atoms with Gasteiger partial charge in [0.1, 0.15) is 12.1 Å². The lowest BCUT2D eigenvalue weighted by Gasteiger charge is -2.16. The van der Waals surface area contributed by atoms with Gasteiger partial charge in [-0.3, -0.25) is 9.59 Å². The summed E-state index contributed by atoms with van der Waals surface area (Å²) in [5.74, 6) is -3.51. The molecule has 0 aromatic heterocycles. The molecule has 0 fully saturated rings. The van der Waals surface area contributed by atoms with Crippen molar-refractivity contribution in [2.45, 2.75) is 24.9 Å². The minimum atomic E-state index is -1.16. The Balaban J connectivity index is 1.63. The molecule has 8 heteroatoms. The molecule has 34 heavy (non-hydrogen) atoms. The van der Waals surface area contributed by atoms with Gasteiger partial charge in [0.2, 0.25) is 0 Å². The number of carbonyl (C=O) groups is 4. The SMILES string of the molecule is O=C(N[C@@H](Cc1ccccc1)C(=O)O)c1ccc(C(=O)N[C@@H](Cc2ccccc2)C(=O)O)cc1. The molecule has 0 aliphatic heterocycles. The van der Waals surface area contributed by atoms with Crippen molar-refractivity contribution in [1.29, 1.82) is 0 Å². The van der Waals surface area contributed by atoms with Crippen molar-refractivity contribution in [3.05, 3.63) is 107 Å². The quantitative estimate of drug-likeness (QED) is 0.368. The van der Waals surface area contributed by atoms with E-state index in [0.29, 0.717) is 0 Å². The summed E-state index contributed by atoms with van der Waals surface area (Å²) in [5.41, 5.74) is 1.89. The Morgan fingerprint density at radius 3 is 1.18 bits per heavy atom. The van der Waals surface area contributed by atoms with Crippen LogP contribution >= 0.6 is 0 Å². The smallest absolute Gasteiger partial charge is 0.326 e. The van der Waals surface area contributed by atoms with Gasteiger partial charge < -0.3 is 20.8 Å². The van der Waals surface area contributed by atoms with E-state index in [9.17, 15) is 29.4 Å². The van der Waals surface area contributed by atoms with Crippen molar-refractivity contribution in [2.75, 3.05) is 0 Å². The second-order valence-corrected chi connectivity index (χ2v) is 7.69. The molecule has 0 aliphatic rings. The molecule has 174 valence electrons. The Morgan fingerprint density at radius 2 is 0.882 bits per heavy atom. The Hall–Kier alpha value is -4.46. The van der Waals surface area contributed by atoms with Gasteiger partial charge in [-0.25, -0.2) is 9.59 Å². The van der Waals surface area contributed by atoms with Gasteiger partial charge >= 0.3 is 11.9 Å². The first kappa shape index (κ1) is 24.2. The van der Waals surface area contributed by atoms with Crippen molar-refractivity contribution in [2.24, 2.45) is 0 Å². The van der Waals surface area contributed by atoms with E-state index in [0.717, 1.165) is 11.1 Å². The van der Waals surface area contributed by atoms with E-state index in [4.69, 9.17) is 0 Å². The first-order valence-corrected chi connectivity index (χ1v) is 10.6. The number of carbonyl (C=O) groups excluding carboxylic acids is 2. The molecule has 0 unspecified atom stereocenters. The molecule has 3 aromatic carbocycles. The molecule has 0 saturated heterocycles. The Kier molecular flexibility index (Phi) is 8.12. The number of carboxylic acids is 2. The predicted molar refractivity (Wildman–Crippen MR) is 125 cm³/mol. The van der Waals surface area contributed by atoms with Crippen LogP contribution in [0.25, 0.3) is 0 Å². The number of hydrogen-bond donors (Lipinski definition) is 4. The van der Waals surface area contributed by atoms with Crippen molar-refractivity contribution in [1.82, 2.24) is 10.6 Å². The molecular weight excluding hydrogens is 436 g/mol. The van der Waals surface area contributed by atoms with Crippen LogP contribution in [0.4, 0.5) is 0 Å². The fourth-order valence-corrected chi connectivity index (χ4v) is 3.36. The molecule has 0 aliphatic carbocycles. The lowest BCUT2D eigenvalue weighted by Crippen LogP contribution is -2.42. The van der Waals surface area contributed by atoms with E-state index < -0.39 is 35.8 Å². The lowest BCUT2D eigenvalue weighted by atomic mass is 10.0. The third-order valence-corrected chi connectivity index (χ3v) is 5.18. The van der Waals surface area contributed by atoms with Gasteiger partial charge in [0, 0.05) is 24.0 Å². The van der Waals surface area contributed by atoms with Crippen LogP contribution in [0.1, 0.15) is 31.8 Å². The highest BCUT2D eigenvalue weighted by Gasteiger charge is 2.23. The largest absolute Gasteiger partial charge is 0.480 e. The summed E-state index contributed by atoms with van der Waals surface area (Å²) in [6.07, 6.45) is 0.251. The molecule has 2 amide bonds. The van der Waals surface area contributed by atoms with Gasteiger partial charge in [-0.15, -0.1) is 0 Å². The summed E-state index contributed by atoms with van der Waals surface area (Å²) in [5, 5.41) is 23.9. The summed E-state index contributed by atoms with van der Waals surface area (Å²) in [7, 11) is 0. The van der Waals surface area contributed by atoms with E-state index in [1.807, 2.05) is 12.1 Å². The number of nitrogens with one attached hydrogen (secondary N) is 2. The van der Waals surface area contributed by atoms with Gasteiger partial charge in [0.15, 0.2) is 0 Å². The van der Waals surface area contributed by atoms with Crippen LogP contribution in [0, 0.1) is 0 Å². The standard InChI is InChI=1S/C26H24N2O6/c29-23(27-21(25(31)32)15-17-7-3-1-4-8-17)19-11-13-20(14-12-19)24(30)28-22(26(33)34)16-18-9-5-2-6-10-18/h1-14,21-22H,15-16H2,(H,27,29)(H,28,30)(H,31,32)(H,33,34)/t21-,22-/m0/s1. The van der Waals surface area contributed by atoms with Crippen LogP contribution in [0.5, 0.6) is 0 Å². The van der Waals surface area contributed by atoms with Gasteiger partial charge in [0.25, 0.3) is 11.8 Å². The maximum atomic E-state index is 12.5. The third-order valence-electron chi connectivity index (χ3n) is 5.18. The van der Waals surface area contributed by atoms with Crippen molar-refractivity contribution >= 4 is 23.8 Å². The van der Waals surface area contributed by atoms with Crippen LogP contribution < -0.4 is 10.6 Å². The van der Waals surface area contributed by atoms with E-state index in [2.05, 4.69) is 10.6 Å². The molecule has 3 aromatic rings. The molecule has 3 rings (SSSR count). The number of carboxylic acid groups (broad SMARTS) is 2. The lowest BCUT2D eigenvalue weighted by molar-refractivity contribution is -0.140. The number of benzene rings is 3. The fourth-order valence-electron chi connectivity index (χ4n) is 3.36. The summed E-state index contributed by atoms with van der Waals surface area (Å²) in [4.78, 5) is 48.3. The molecule has 2 atom stereocenters. The van der Waals surface area contributed by atoms with E-state index in [-0.39, 0.29) is 24.0 Å². The second-order valence-electron chi connectivity index (χ2n) is 7.69. The van der Waals surface area contributed by atoms with Crippen LogP contribution in [0.3, 0.4) is 0 Å². The van der Waals surface area contributed by atoms with Gasteiger partial charge in [-0.1, -0.05) is 60.7 Å². The highest BCUT2D eigenvalue weighted by Crippen LogP contribution is 2.09. The Morgan fingerprint density at radius 1 is 0.559 bits per heavy atom. The fraction of sp³-hybridized carbons (Fsp3) is 0.154. The zero-order chi connectivity index (χ0) is 24.5. The molecule has 0 radical (unpaired) electrons. The summed E-state index contributed by atoms with van der Waals surface area (Å²) in [6.45, 7) is 0.